The first kappa shape index (κ1) is 18.1. The van der Waals surface area contributed by atoms with Crippen LogP contribution in [0.3, 0.4) is 0 Å². The zero-order valence-electron chi connectivity index (χ0n) is 15.3. The fourth-order valence-corrected chi connectivity index (χ4v) is 4.71. The lowest BCUT2D eigenvalue weighted by molar-refractivity contribution is -0.129. The van der Waals surface area contributed by atoms with Crippen LogP contribution >= 0.6 is 11.3 Å². The van der Waals surface area contributed by atoms with Crippen molar-refractivity contribution in [2.24, 2.45) is 0 Å². The number of guanidine groups is 1. The smallest absolute Gasteiger partial charge is 0.231 e. The Morgan fingerprint density at radius 1 is 1.32 bits per heavy atom. The molecule has 0 unspecified atom stereocenters. The van der Waals surface area contributed by atoms with Gasteiger partial charge in [-0.05, 0) is 41.6 Å². The van der Waals surface area contributed by atoms with Crippen LogP contribution in [0.1, 0.15) is 23.8 Å². The fourth-order valence-electron chi connectivity index (χ4n) is 3.42. The van der Waals surface area contributed by atoms with Crippen molar-refractivity contribution >= 4 is 33.3 Å². The minimum Gasteiger partial charge on any atom is -0.345 e. The molecule has 4 rings (SSSR count). The second kappa shape index (κ2) is 6.43. The van der Waals surface area contributed by atoms with Gasteiger partial charge in [0.25, 0.3) is 0 Å². The highest BCUT2D eigenvalue weighted by Gasteiger charge is 2.39. The maximum atomic E-state index is 14.1. The van der Waals surface area contributed by atoms with E-state index in [1.807, 2.05) is 37.3 Å². The van der Waals surface area contributed by atoms with Crippen molar-refractivity contribution in [1.29, 1.82) is 10.7 Å². The maximum Gasteiger partial charge on any atom is 0.231 e. The van der Waals surface area contributed by atoms with Gasteiger partial charge in [0.05, 0.1) is 17.5 Å². The van der Waals surface area contributed by atoms with E-state index in [-0.39, 0.29) is 23.9 Å². The molecule has 140 valence electrons. The number of carbonyl (C=O) groups is 1. The van der Waals surface area contributed by atoms with E-state index in [2.05, 4.69) is 5.32 Å². The van der Waals surface area contributed by atoms with Crippen molar-refractivity contribution in [2.75, 3.05) is 7.05 Å². The number of thiophene rings is 1. The van der Waals surface area contributed by atoms with Gasteiger partial charge in [-0.1, -0.05) is 24.3 Å². The summed E-state index contributed by atoms with van der Waals surface area (Å²) < 4.78 is 15.1. The van der Waals surface area contributed by atoms with Crippen LogP contribution in [0, 0.1) is 22.6 Å². The molecule has 2 aromatic carbocycles. The molecule has 2 N–H and O–H groups in total. The van der Waals surface area contributed by atoms with Gasteiger partial charge in [-0.2, -0.15) is 5.26 Å². The standard InChI is InChI=1S/C21H17FN4OS/c1-21(10-18(27)26(2)20(24)25-21)17-9-13-4-3-5-15(19(13)28-17)12-6-7-14(11-23)16(22)8-12/h3-9H,10H2,1-2H3,(H2,24,25)/t21-/m0/s1. The molecule has 1 fully saturated rings. The molecule has 1 atom stereocenters. The largest absolute Gasteiger partial charge is 0.345 e. The summed E-state index contributed by atoms with van der Waals surface area (Å²) in [4.78, 5) is 14.5. The summed E-state index contributed by atoms with van der Waals surface area (Å²) in [6.07, 6.45) is 0.250. The number of nitriles is 1. The summed E-state index contributed by atoms with van der Waals surface area (Å²) in [5, 5.41) is 21.1. The third-order valence-corrected chi connectivity index (χ3v) is 6.55. The molecule has 0 bridgehead atoms. The maximum absolute atomic E-state index is 14.1. The number of nitrogens with one attached hydrogen (secondary N) is 2. The van der Waals surface area contributed by atoms with E-state index in [1.54, 1.807) is 13.1 Å². The number of hydrogen-bond donors (Lipinski definition) is 2. The number of halogens is 1. The fraction of sp³-hybridized carbons (Fsp3) is 0.190. The summed E-state index contributed by atoms with van der Waals surface area (Å²) in [7, 11) is 1.58. The van der Waals surface area contributed by atoms with Crippen LogP contribution < -0.4 is 5.32 Å². The van der Waals surface area contributed by atoms with E-state index in [0.717, 1.165) is 20.5 Å². The molecule has 3 aromatic rings. The van der Waals surface area contributed by atoms with Gasteiger partial charge in [-0.25, -0.2) is 4.39 Å². The first-order valence-corrected chi connectivity index (χ1v) is 9.50. The molecule has 1 saturated heterocycles. The van der Waals surface area contributed by atoms with Crippen LogP contribution in [-0.2, 0) is 10.3 Å². The first-order valence-electron chi connectivity index (χ1n) is 8.69. The Kier molecular flexibility index (Phi) is 4.16. The molecule has 2 heterocycles. The van der Waals surface area contributed by atoms with Gasteiger partial charge in [0.15, 0.2) is 5.96 Å². The van der Waals surface area contributed by atoms with Crippen molar-refractivity contribution in [3.63, 3.8) is 0 Å². The van der Waals surface area contributed by atoms with Gasteiger partial charge in [0.2, 0.25) is 5.91 Å². The summed E-state index contributed by atoms with van der Waals surface area (Å²) in [6, 6.07) is 14.3. The van der Waals surface area contributed by atoms with Gasteiger partial charge >= 0.3 is 0 Å². The monoisotopic (exact) mass is 392 g/mol. The minimum atomic E-state index is -0.669. The molecule has 28 heavy (non-hydrogen) atoms. The van der Waals surface area contributed by atoms with Crippen LogP contribution in [0.25, 0.3) is 21.2 Å². The van der Waals surface area contributed by atoms with Crippen molar-refractivity contribution in [3.8, 4) is 17.2 Å². The predicted octanol–water partition coefficient (Wildman–Crippen LogP) is 4.18. The molecule has 1 aliphatic heterocycles. The number of benzene rings is 2. The summed E-state index contributed by atoms with van der Waals surface area (Å²) in [5.74, 6) is -0.583. The highest BCUT2D eigenvalue weighted by atomic mass is 32.1. The van der Waals surface area contributed by atoms with E-state index in [1.165, 1.54) is 28.4 Å². The topological polar surface area (TPSA) is 80.0 Å². The van der Waals surface area contributed by atoms with Gasteiger partial charge in [0.1, 0.15) is 11.9 Å². The zero-order chi connectivity index (χ0) is 20.1. The summed E-state index contributed by atoms with van der Waals surface area (Å²) >= 11 is 1.53. The number of rotatable bonds is 2. The van der Waals surface area contributed by atoms with Crippen LogP contribution in [0.5, 0.6) is 0 Å². The molecular formula is C21H17FN4OS. The van der Waals surface area contributed by atoms with Crippen LogP contribution in [0.15, 0.2) is 42.5 Å². The van der Waals surface area contributed by atoms with Crippen LogP contribution in [0.4, 0.5) is 4.39 Å². The highest BCUT2D eigenvalue weighted by molar-refractivity contribution is 7.19. The van der Waals surface area contributed by atoms with Gasteiger partial charge in [-0.3, -0.25) is 15.1 Å². The summed E-state index contributed by atoms with van der Waals surface area (Å²) in [6.45, 7) is 1.91. The number of carbonyl (C=O) groups excluding carboxylic acids is 1. The van der Waals surface area contributed by atoms with Crippen molar-refractivity contribution in [2.45, 2.75) is 18.9 Å². The molecule has 1 aromatic heterocycles. The number of hydrogen-bond acceptors (Lipinski definition) is 4. The van der Waals surface area contributed by atoms with Crippen molar-refractivity contribution in [3.05, 3.63) is 58.7 Å². The van der Waals surface area contributed by atoms with Crippen molar-refractivity contribution < 1.29 is 9.18 Å². The lowest BCUT2D eigenvalue weighted by Gasteiger charge is -2.38. The number of fused-ring (bicyclic) bond motifs is 1. The zero-order valence-corrected chi connectivity index (χ0v) is 16.2. The molecule has 0 radical (unpaired) electrons. The third kappa shape index (κ3) is 2.83. The second-order valence-electron chi connectivity index (χ2n) is 7.08. The highest BCUT2D eigenvalue weighted by Crippen LogP contribution is 2.41. The molecular weight excluding hydrogens is 375 g/mol. The molecule has 7 heteroatoms. The van der Waals surface area contributed by atoms with E-state index >= 15 is 0 Å². The Hall–Kier alpha value is -3.24. The Morgan fingerprint density at radius 2 is 2.11 bits per heavy atom. The third-order valence-electron chi connectivity index (χ3n) is 5.10. The molecule has 1 amide bonds. The van der Waals surface area contributed by atoms with E-state index < -0.39 is 11.4 Å². The van der Waals surface area contributed by atoms with Gasteiger partial charge in [-0.15, -0.1) is 11.3 Å². The number of nitrogens with zero attached hydrogens (tertiary/aromatic N) is 2. The predicted molar refractivity (Wildman–Crippen MR) is 108 cm³/mol. The Morgan fingerprint density at radius 3 is 2.79 bits per heavy atom. The Balaban J connectivity index is 1.82. The summed E-state index contributed by atoms with van der Waals surface area (Å²) in [5.41, 5.74) is 0.913. The Bertz CT molecular complexity index is 1160. The van der Waals surface area contributed by atoms with Crippen LogP contribution in [0.2, 0.25) is 0 Å². The molecule has 0 saturated carbocycles. The van der Waals surface area contributed by atoms with E-state index in [9.17, 15) is 9.18 Å². The normalized spacial score (nSPS) is 19.6. The Labute approximate surface area is 165 Å². The second-order valence-corrected chi connectivity index (χ2v) is 8.13. The first-order chi connectivity index (χ1) is 13.3. The average molecular weight is 392 g/mol. The molecule has 0 aliphatic carbocycles. The quantitative estimate of drug-likeness (QED) is 0.687. The van der Waals surface area contributed by atoms with Gasteiger partial charge in [0, 0.05) is 16.6 Å². The number of amides is 1. The lowest BCUT2D eigenvalue weighted by Crippen LogP contribution is -2.57. The van der Waals surface area contributed by atoms with E-state index in [4.69, 9.17) is 10.7 Å². The molecule has 0 spiro atoms. The molecule has 5 nitrogen and oxygen atoms in total. The van der Waals surface area contributed by atoms with E-state index in [0.29, 0.717) is 5.56 Å². The average Bonchev–Trinajstić information content (AvgIpc) is 3.11. The van der Waals surface area contributed by atoms with Gasteiger partial charge < -0.3 is 5.32 Å². The minimum absolute atomic E-state index is 0.0165. The van der Waals surface area contributed by atoms with Crippen LogP contribution in [-0.4, -0.2) is 23.8 Å². The lowest BCUT2D eigenvalue weighted by atomic mass is 9.92. The molecule has 1 aliphatic rings. The van der Waals surface area contributed by atoms with Crippen molar-refractivity contribution in [1.82, 2.24) is 10.2 Å². The SMILES string of the molecule is CN1C(=N)N[C@](C)(c2cc3cccc(-c4ccc(C#N)c(F)c4)c3s2)CC1=O.